The van der Waals surface area contributed by atoms with Crippen molar-refractivity contribution >= 4 is 23.0 Å². The Hall–Kier alpha value is -2.91. The smallest absolute Gasteiger partial charge is 0.290 e. The lowest BCUT2D eigenvalue weighted by atomic mass is 9.94. The summed E-state index contributed by atoms with van der Waals surface area (Å²) >= 11 is 1.28. The molecule has 214 valence electrons. The van der Waals surface area contributed by atoms with Crippen LogP contribution in [0.4, 0.5) is 0 Å². The number of benzene rings is 1. The monoisotopic (exact) mass is 557 g/mol. The average molecular weight is 558 g/mol. The number of carbonyl (C=O) groups is 2. The molecule has 0 radical (unpaired) electrons. The maximum atomic E-state index is 13.8. The van der Waals surface area contributed by atoms with Crippen molar-refractivity contribution in [3.63, 3.8) is 0 Å². The molecular formula is C30H43N3O5S. The van der Waals surface area contributed by atoms with Crippen molar-refractivity contribution in [2.45, 2.75) is 67.3 Å². The number of thiazole rings is 1. The van der Waals surface area contributed by atoms with Gasteiger partial charge in [0.2, 0.25) is 5.78 Å². The Labute approximate surface area is 236 Å². The summed E-state index contributed by atoms with van der Waals surface area (Å²) in [5, 5.41) is 11.8. The van der Waals surface area contributed by atoms with Gasteiger partial charge >= 0.3 is 0 Å². The second-order valence-electron chi connectivity index (χ2n) is 10.2. The summed E-state index contributed by atoms with van der Waals surface area (Å²) < 4.78 is 11.9. The SMILES string of the molecule is CCOc1cc(C2C(C(=O)c3sc(C)nc3C)=C(O)C(=O)N2CCCN(CC)CC)ccc1OCCC(C)C. The molecule has 1 aromatic heterocycles. The first-order chi connectivity index (χ1) is 18.6. The summed E-state index contributed by atoms with van der Waals surface area (Å²) in [6.07, 6.45) is 1.62. The van der Waals surface area contributed by atoms with E-state index in [-0.39, 0.29) is 11.4 Å². The van der Waals surface area contributed by atoms with Gasteiger partial charge in [-0.15, -0.1) is 11.3 Å². The summed E-state index contributed by atoms with van der Waals surface area (Å²) in [7, 11) is 0. The number of rotatable bonds is 15. The minimum atomic E-state index is -0.743. The number of aryl methyl sites for hydroxylation is 2. The van der Waals surface area contributed by atoms with E-state index >= 15 is 0 Å². The van der Waals surface area contributed by atoms with E-state index in [9.17, 15) is 14.7 Å². The normalized spacial score (nSPS) is 15.7. The van der Waals surface area contributed by atoms with Crippen LogP contribution in [0.15, 0.2) is 29.5 Å². The highest BCUT2D eigenvalue weighted by molar-refractivity contribution is 7.14. The molecule has 0 spiro atoms. The molecule has 9 heteroatoms. The van der Waals surface area contributed by atoms with Crippen LogP contribution in [-0.2, 0) is 4.79 Å². The Balaban J connectivity index is 2.02. The van der Waals surface area contributed by atoms with Crippen LogP contribution in [0.1, 0.15) is 79.4 Å². The molecule has 0 bridgehead atoms. The highest BCUT2D eigenvalue weighted by Gasteiger charge is 2.44. The van der Waals surface area contributed by atoms with Gasteiger partial charge in [-0.3, -0.25) is 9.59 Å². The molecule has 0 saturated heterocycles. The molecule has 1 aliphatic heterocycles. The van der Waals surface area contributed by atoms with Gasteiger partial charge < -0.3 is 24.4 Å². The van der Waals surface area contributed by atoms with Gasteiger partial charge in [0.15, 0.2) is 17.3 Å². The molecular weight excluding hydrogens is 514 g/mol. The number of carbonyl (C=O) groups excluding carboxylic acids is 2. The van der Waals surface area contributed by atoms with E-state index < -0.39 is 17.7 Å². The van der Waals surface area contributed by atoms with Crippen LogP contribution < -0.4 is 9.47 Å². The van der Waals surface area contributed by atoms with E-state index in [4.69, 9.17) is 9.47 Å². The van der Waals surface area contributed by atoms with Gasteiger partial charge in [-0.05, 0) is 76.9 Å². The van der Waals surface area contributed by atoms with Crippen LogP contribution in [0.25, 0.3) is 0 Å². The van der Waals surface area contributed by atoms with Crippen LogP contribution in [0.2, 0.25) is 0 Å². The topological polar surface area (TPSA) is 92.2 Å². The maximum Gasteiger partial charge on any atom is 0.290 e. The summed E-state index contributed by atoms with van der Waals surface area (Å²) in [6, 6.07) is 4.78. The first kappa shape index (κ1) is 30.6. The number of ether oxygens (including phenoxy) is 2. The predicted molar refractivity (Wildman–Crippen MR) is 155 cm³/mol. The lowest BCUT2D eigenvalue weighted by Gasteiger charge is -2.28. The number of Topliss-reactive ketones (excluding diaryl/α,β-unsaturated/α-hetero) is 1. The number of hydrogen-bond donors (Lipinski definition) is 1. The minimum absolute atomic E-state index is 0.0884. The first-order valence-electron chi connectivity index (χ1n) is 14.0. The zero-order valence-electron chi connectivity index (χ0n) is 24.4. The number of ketones is 1. The molecule has 8 nitrogen and oxygen atoms in total. The summed E-state index contributed by atoms with van der Waals surface area (Å²) in [6.45, 7) is 18.1. The summed E-state index contributed by atoms with van der Waals surface area (Å²) in [5.74, 6) is 0.293. The lowest BCUT2D eigenvalue weighted by molar-refractivity contribution is -0.129. The van der Waals surface area contributed by atoms with Gasteiger partial charge in [-0.1, -0.05) is 33.8 Å². The lowest BCUT2D eigenvalue weighted by Crippen LogP contribution is -2.34. The number of hydrogen-bond acceptors (Lipinski definition) is 8. The van der Waals surface area contributed by atoms with E-state index in [0.29, 0.717) is 59.7 Å². The third-order valence-electron chi connectivity index (χ3n) is 6.96. The van der Waals surface area contributed by atoms with Crippen molar-refractivity contribution < 1.29 is 24.2 Å². The third kappa shape index (κ3) is 7.19. The van der Waals surface area contributed by atoms with Crippen molar-refractivity contribution in [1.82, 2.24) is 14.8 Å². The van der Waals surface area contributed by atoms with Crippen molar-refractivity contribution in [2.24, 2.45) is 5.92 Å². The first-order valence-corrected chi connectivity index (χ1v) is 14.8. The van der Waals surface area contributed by atoms with Gasteiger partial charge in [-0.25, -0.2) is 4.98 Å². The second kappa shape index (κ2) is 13.9. The van der Waals surface area contributed by atoms with Crippen LogP contribution in [0, 0.1) is 19.8 Å². The highest BCUT2D eigenvalue weighted by Crippen LogP contribution is 2.42. The number of aliphatic hydroxyl groups excluding tert-OH is 1. The molecule has 1 atom stereocenters. The van der Waals surface area contributed by atoms with Gasteiger partial charge in [0, 0.05) is 6.54 Å². The fraction of sp³-hybridized carbons (Fsp3) is 0.567. The number of nitrogens with zero attached hydrogens (tertiary/aromatic N) is 3. The van der Waals surface area contributed by atoms with Crippen molar-refractivity contribution in [3.05, 3.63) is 50.7 Å². The van der Waals surface area contributed by atoms with Crippen LogP contribution in [-0.4, -0.2) is 71.0 Å². The van der Waals surface area contributed by atoms with Crippen LogP contribution in [0.3, 0.4) is 0 Å². The second-order valence-corrected chi connectivity index (χ2v) is 11.4. The third-order valence-corrected chi connectivity index (χ3v) is 8.03. The molecule has 2 aromatic rings. The number of amides is 1. The Morgan fingerprint density at radius 1 is 1.15 bits per heavy atom. The van der Waals surface area contributed by atoms with E-state index in [2.05, 4.69) is 37.6 Å². The van der Waals surface area contributed by atoms with Crippen molar-refractivity contribution in [3.8, 4) is 11.5 Å². The maximum absolute atomic E-state index is 13.8. The fourth-order valence-corrected chi connectivity index (χ4v) is 5.69. The van der Waals surface area contributed by atoms with Crippen LogP contribution >= 0.6 is 11.3 Å². The molecule has 1 N–H and O–H groups in total. The fourth-order valence-electron chi connectivity index (χ4n) is 4.82. The highest BCUT2D eigenvalue weighted by atomic mass is 32.1. The van der Waals surface area contributed by atoms with Crippen LogP contribution in [0.5, 0.6) is 11.5 Å². The Morgan fingerprint density at radius 3 is 2.46 bits per heavy atom. The predicted octanol–water partition coefficient (Wildman–Crippen LogP) is 5.89. The van der Waals surface area contributed by atoms with Gasteiger partial charge in [0.1, 0.15) is 0 Å². The van der Waals surface area contributed by atoms with Crippen molar-refractivity contribution in [1.29, 1.82) is 0 Å². The molecule has 1 unspecified atom stereocenters. The summed E-state index contributed by atoms with van der Waals surface area (Å²) in [5.41, 5.74) is 1.38. The molecule has 1 aromatic carbocycles. The minimum Gasteiger partial charge on any atom is -0.503 e. The van der Waals surface area contributed by atoms with Crippen molar-refractivity contribution in [2.75, 3.05) is 39.4 Å². The molecule has 1 amide bonds. The molecule has 0 fully saturated rings. The largest absolute Gasteiger partial charge is 0.503 e. The molecule has 3 rings (SSSR count). The quantitative estimate of drug-likeness (QED) is 0.273. The van der Waals surface area contributed by atoms with Gasteiger partial charge in [-0.2, -0.15) is 0 Å². The molecule has 2 heterocycles. The average Bonchev–Trinajstić information content (AvgIpc) is 3.37. The Morgan fingerprint density at radius 2 is 1.87 bits per heavy atom. The molecule has 1 aliphatic rings. The summed E-state index contributed by atoms with van der Waals surface area (Å²) in [4.78, 5) is 36.0. The van der Waals surface area contributed by atoms with E-state index in [1.165, 1.54) is 11.3 Å². The Bertz CT molecular complexity index is 1190. The standard InChI is InChI=1S/C30H43N3O5S/c1-8-32(9-2)15-11-16-33-26(22-12-13-23(24(18-22)37-10-3)38-17-14-19(4)5)25(28(35)30(33)36)27(34)29-20(6)31-21(7)39-29/h12-13,18-19,26,35H,8-11,14-17H2,1-7H3. The zero-order chi connectivity index (χ0) is 28.7. The number of aromatic nitrogens is 1. The zero-order valence-corrected chi connectivity index (χ0v) is 25.2. The molecule has 0 aliphatic carbocycles. The van der Waals surface area contributed by atoms with Gasteiger partial charge in [0.25, 0.3) is 5.91 Å². The van der Waals surface area contributed by atoms with E-state index in [1.807, 2.05) is 32.0 Å². The molecule has 39 heavy (non-hydrogen) atoms. The van der Waals surface area contributed by atoms with E-state index in [1.54, 1.807) is 11.8 Å². The number of aliphatic hydroxyl groups is 1. The molecule has 0 saturated carbocycles. The van der Waals surface area contributed by atoms with Gasteiger partial charge in [0.05, 0.1) is 40.4 Å². The van der Waals surface area contributed by atoms with E-state index in [0.717, 1.165) is 31.1 Å². The Kier molecular flexibility index (Phi) is 10.9.